The molecule has 2 aromatic carbocycles. The van der Waals surface area contributed by atoms with Crippen LogP contribution in [0, 0.1) is 0 Å². The van der Waals surface area contributed by atoms with Gasteiger partial charge in [0.05, 0.1) is 66.7 Å². The first-order valence-electron chi connectivity index (χ1n) is 24.4. The molecule has 2 unspecified atom stereocenters. The Morgan fingerprint density at radius 3 is 1.60 bits per heavy atom. The van der Waals surface area contributed by atoms with Gasteiger partial charge >= 0.3 is 174 Å². The number of anilines is 2. The maximum Gasteiger partial charge on any atom is 1.00 e. The number of hydrogen-bond donors (Lipinski definition) is 6. The van der Waals surface area contributed by atoms with Crippen molar-refractivity contribution in [2.24, 2.45) is 10.3 Å². The smallest absolute Gasteiger partial charge is 1.00 e. The van der Waals surface area contributed by atoms with Crippen molar-refractivity contribution in [3.8, 4) is 0 Å². The molecule has 28 nitrogen and oxygen atoms in total. The molecule has 0 bridgehead atoms. The Balaban J connectivity index is -0.000000596. The van der Waals surface area contributed by atoms with Gasteiger partial charge in [0.15, 0.2) is 5.56 Å². The maximum atomic E-state index is 12.9. The molecular weight excluding hydrogens is 1480 g/mol. The van der Waals surface area contributed by atoms with E-state index in [0.29, 0.717) is 24.5 Å². The van der Waals surface area contributed by atoms with Crippen molar-refractivity contribution in [3.63, 3.8) is 0 Å². The van der Waals surface area contributed by atoms with Crippen molar-refractivity contribution in [2.45, 2.75) is 114 Å². The molecule has 468 valence electrons. The van der Waals surface area contributed by atoms with Gasteiger partial charge in [0, 0.05) is 47.1 Å². The number of carboxylic acids is 1. The van der Waals surface area contributed by atoms with Crippen LogP contribution in [0.4, 0.5) is 30.1 Å². The molecule has 0 fully saturated rings. The summed E-state index contributed by atoms with van der Waals surface area (Å²) in [6, 6.07) is 11.0. The maximum absolute atomic E-state index is 12.9. The van der Waals surface area contributed by atoms with Crippen LogP contribution in [-0.2, 0) is 71.3 Å². The number of ether oxygens (including phenoxy) is 5. The molecule has 36 heteroatoms. The number of carbonyl (C=O) groups is 7. The first-order valence-corrected chi connectivity index (χ1v) is 28.0. The van der Waals surface area contributed by atoms with Gasteiger partial charge in [-0.05, 0) is 103 Å². The minimum absolute atomic E-state index is 0. The molecule has 2 aromatic heterocycles. The van der Waals surface area contributed by atoms with Crippen LogP contribution < -0.4 is 169 Å². The zero-order valence-electron chi connectivity index (χ0n) is 50.7. The van der Waals surface area contributed by atoms with Crippen molar-refractivity contribution in [3.05, 3.63) is 93.7 Å². The summed E-state index contributed by atoms with van der Waals surface area (Å²) in [5.41, 5.74) is -1.98. The van der Waals surface area contributed by atoms with Gasteiger partial charge in [-0.3, -0.25) is 14.0 Å². The van der Waals surface area contributed by atoms with Crippen molar-refractivity contribution >= 4 is 109 Å². The van der Waals surface area contributed by atoms with E-state index in [1.165, 1.54) is 43.5 Å². The summed E-state index contributed by atoms with van der Waals surface area (Å²) in [6.45, 7) is 14.2. The second kappa shape index (κ2) is 42.8. The Morgan fingerprint density at radius 1 is 0.788 bits per heavy atom. The summed E-state index contributed by atoms with van der Waals surface area (Å²) in [7, 11) is -6.36. The van der Waals surface area contributed by atoms with E-state index in [9.17, 15) is 50.0 Å². The van der Waals surface area contributed by atoms with Crippen molar-refractivity contribution < 1.29 is 243 Å². The standard InChI is InChI=1S/C23H31ClN4O9S.C12H11ClN2O5S.C12H22ClNO4.CH3F.CH2O3.2Cs.H/c1-14(36-22(31)28(5)9-8-26-21(30)37-23(2,3)4)35-20(29)16-11-19(38(25,32)33)17(24)12-18(16)27-13-15-7-6-10-34-15;13-9-5-10(15-6-7-2-1-3-20-7)8(12(16)17)4-11(9)21(14,18)19;1-9(13)17-11(16)14(5)8-6-7-10(15)18-12(2,3)4;1-2;2-1-4-3;;;/h6-7,10-12,14,27H,8-9,13H2,1-5H3,(H,26,30)(H2,25,32,33);1-5,15H,6H2,(H,16,17)(H2,14,18,19);9H,6-8H2,1-5H3;1H3;1,3H;;;/q;;;;;2*+1;-1/p-1/i;;;1D;;;;. The number of carbonyl (C=O) groups excluding carboxylic acids is 6. The first-order chi connectivity index (χ1) is 38.8. The number of alkyl halides is 2. The molecule has 0 aliphatic carbocycles. The van der Waals surface area contributed by atoms with Gasteiger partial charge in [0.25, 0.3) is 6.47 Å². The van der Waals surface area contributed by atoms with Crippen LogP contribution in [0.3, 0.4) is 0 Å². The number of aromatic carboxylic acids is 1. The Labute approximate surface area is 627 Å². The Morgan fingerprint density at radius 2 is 1.21 bits per heavy atom. The number of furan rings is 2. The molecule has 2 atom stereocenters. The Kier molecular flexibility index (Phi) is 42.3. The van der Waals surface area contributed by atoms with Crippen LogP contribution in [0.1, 0.15) is 103 Å². The molecule has 0 saturated heterocycles. The normalized spacial score (nSPS) is 11.5. The molecule has 0 aliphatic heterocycles. The Bertz CT molecular complexity index is 2990. The number of halogens is 4. The molecule has 85 heavy (non-hydrogen) atoms. The van der Waals surface area contributed by atoms with E-state index in [0.717, 1.165) is 17.0 Å². The van der Waals surface area contributed by atoms with Gasteiger partial charge in [-0.1, -0.05) is 34.8 Å². The van der Waals surface area contributed by atoms with E-state index in [1.807, 2.05) is 20.8 Å². The predicted octanol–water partition coefficient (Wildman–Crippen LogP) is 1.08. The number of nitrogens with one attached hydrogen (secondary N) is 3. The second-order valence-corrected chi connectivity index (χ2v) is 22.8. The van der Waals surface area contributed by atoms with E-state index < -0.39 is 90.3 Å². The number of alkyl carbamates (subject to hydrolysis) is 1. The average Bonchev–Trinajstić information content (AvgIpc) is 2.05. The summed E-state index contributed by atoms with van der Waals surface area (Å²) < 4.78 is 97.7. The van der Waals surface area contributed by atoms with Crippen LogP contribution in [-0.4, -0.2) is 138 Å². The van der Waals surface area contributed by atoms with Crippen LogP contribution in [0.15, 0.2) is 79.7 Å². The largest absolute Gasteiger partial charge is 1.00 e. The molecular formula is C49H69Cl3Cs2FN7O21S2. The van der Waals surface area contributed by atoms with Gasteiger partial charge < -0.3 is 74.9 Å². The summed E-state index contributed by atoms with van der Waals surface area (Å²) in [5.74, 6) is -1.48. The Hall–Kier alpha value is -3.03. The number of amides is 3. The van der Waals surface area contributed by atoms with Gasteiger partial charge in [-0.25, -0.2) is 51.1 Å². The number of hydrogen-bond acceptors (Lipinski definition) is 22. The van der Waals surface area contributed by atoms with Gasteiger partial charge in [-0.2, -0.15) is 0 Å². The number of esters is 2. The number of nitrogens with zero attached hydrogens (tertiary/aromatic N) is 2. The number of benzene rings is 2. The summed E-state index contributed by atoms with van der Waals surface area (Å²) in [6.07, 6.45) is 0.400. The van der Waals surface area contributed by atoms with Crippen LogP contribution in [0.5, 0.6) is 0 Å². The fourth-order valence-electron chi connectivity index (χ4n) is 5.75. The van der Waals surface area contributed by atoms with Crippen LogP contribution in [0.2, 0.25) is 10.0 Å². The summed E-state index contributed by atoms with van der Waals surface area (Å²) in [4.78, 5) is 83.8. The fourth-order valence-corrected chi connectivity index (χ4v) is 8.02. The van der Waals surface area contributed by atoms with E-state index in [-0.39, 0.29) is 217 Å². The number of likely N-dealkylation sites (N-methyl/N-ethyl adjacent to an activating group) is 1. The zero-order valence-corrected chi connectivity index (χ0v) is 65.1. The molecule has 2 heterocycles. The number of carboxylic acid groups (broad SMARTS) is 1. The number of primary sulfonamides is 2. The third-order valence-corrected chi connectivity index (χ3v) is 12.0. The third-order valence-electron chi connectivity index (χ3n) is 9.15. The molecule has 3 amide bonds. The average molecular weight is 1550 g/mol. The SMILES string of the molecule is CC(Cl)OC(=O)N(C)CCCC(=O)OC(C)(C)C.CC(OC(=O)c1cc(S(N)(=O)=O)c(Cl)cc1NCc1ccco1)OC(=O)N(C)CCNC(=O)OC(C)(C)C.NS(=O)(=O)c1cc(C(=O)O)c(NCc2ccco2)cc1Cl.O=CO[O-].[2H]CF.[Cs+].[Cs+].[H-]. The topological polar surface area (TPSA) is 407 Å². The molecule has 4 aromatic rings. The summed E-state index contributed by atoms with van der Waals surface area (Å²) in [5, 5.41) is 35.7. The molecule has 0 radical (unpaired) electrons. The van der Waals surface area contributed by atoms with Gasteiger partial charge in [-0.15, -0.1) is 0 Å². The van der Waals surface area contributed by atoms with Gasteiger partial charge in [0.1, 0.15) is 32.5 Å². The third kappa shape index (κ3) is 37.5. The van der Waals surface area contributed by atoms with E-state index in [2.05, 4.69) is 20.8 Å². The van der Waals surface area contributed by atoms with E-state index in [1.54, 1.807) is 59.0 Å². The molecule has 0 spiro atoms. The van der Waals surface area contributed by atoms with E-state index >= 15 is 0 Å². The monoisotopic (exact) mass is 1550 g/mol. The number of rotatable bonds is 21. The minimum Gasteiger partial charge on any atom is -1.00 e. The van der Waals surface area contributed by atoms with Crippen molar-refractivity contribution in [1.29, 1.82) is 0 Å². The predicted molar refractivity (Wildman–Crippen MR) is 298 cm³/mol. The quantitative estimate of drug-likeness (QED) is 0.0129. The molecule has 0 saturated carbocycles. The number of nitrogens with two attached hydrogens (primary N) is 2. The van der Waals surface area contributed by atoms with Gasteiger partial charge in [0.2, 0.25) is 26.3 Å². The first kappa shape index (κ1) is 84.0. The van der Waals surface area contributed by atoms with Crippen LogP contribution in [0.25, 0.3) is 0 Å². The second-order valence-electron chi connectivity index (χ2n) is 18.4. The van der Waals surface area contributed by atoms with E-state index in [4.69, 9.17) is 94.1 Å². The fraction of sp³-hybridized carbons (Fsp3) is 0.449. The van der Waals surface area contributed by atoms with Crippen LogP contribution >= 0.6 is 34.8 Å². The molecule has 8 N–H and O–H groups in total. The van der Waals surface area contributed by atoms with Crippen molar-refractivity contribution in [1.82, 2.24) is 15.1 Å². The number of sulfonamides is 2. The van der Waals surface area contributed by atoms with Crippen molar-refractivity contribution in [2.75, 3.05) is 51.5 Å². The minimum atomic E-state index is -4.27. The molecule has 0 aliphatic rings. The zero-order chi connectivity index (χ0) is 64.8. The molecule has 4 rings (SSSR count). The summed E-state index contributed by atoms with van der Waals surface area (Å²) >= 11 is 17.4.